The van der Waals surface area contributed by atoms with Gasteiger partial charge in [0, 0.05) is 12.6 Å². The highest BCUT2D eigenvalue weighted by atomic mass is 16.5. The van der Waals surface area contributed by atoms with E-state index in [9.17, 15) is 14.7 Å². The van der Waals surface area contributed by atoms with Crippen molar-refractivity contribution in [1.82, 2.24) is 10.5 Å². The number of nitrogens with one attached hydrogen (secondary N) is 2. The normalized spacial score (nSPS) is 11.7. The van der Waals surface area contributed by atoms with Crippen LogP contribution in [0.5, 0.6) is 0 Å². The lowest BCUT2D eigenvalue weighted by molar-refractivity contribution is -0.136. The number of aromatic nitrogens is 1. The number of hydrogen-bond acceptors (Lipinski definition) is 5. The van der Waals surface area contributed by atoms with Crippen LogP contribution in [0.15, 0.2) is 40.9 Å². The molecule has 0 bridgehead atoms. The Morgan fingerprint density at radius 2 is 2.00 bits per heavy atom. The lowest BCUT2D eigenvalue weighted by Gasteiger charge is -2.11. The fourth-order valence-corrected chi connectivity index (χ4v) is 1.66. The van der Waals surface area contributed by atoms with Gasteiger partial charge in [0.2, 0.25) is 0 Å². The molecule has 0 fully saturated rings. The number of aryl methyl sites for hydroxylation is 1. The summed E-state index contributed by atoms with van der Waals surface area (Å²) in [7, 11) is 0. The lowest BCUT2D eigenvalue weighted by atomic mass is 10.1. The fourth-order valence-electron chi connectivity index (χ4n) is 1.66. The van der Waals surface area contributed by atoms with Gasteiger partial charge in [-0.2, -0.15) is 0 Å². The molecule has 0 aliphatic heterocycles. The standard InChI is InChI=1S/C14H15N3O4/c1-9-7-12(17-21-9)16-14(20)13(19)15-8-11(18)10-5-3-2-4-6-10/h2-7,11,18H,8H2,1H3,(H,15,19)(H,16,17,20)/t11-/m1/s1. The Bertz CT molecular complexity index is 624. The maximum absolute atomic E-state index is 11.6. The molecule has 1 aromatic carbocycles. The summed E-state index contributed by atoms with van der Waals surface area (Å²) in [6, 6.07) is 10.3. The molecule has 1 aromatic heterocycles. The van der Waals surface area contributed by atoms with Crippen LogP contribution < -0.4 is 10.6 Å². The van der Waals surface area contributed by atoms with Crippen molar-refractivity contribution in [1.29, 1.82) is 0 Å². The van der Waals surface area contributed by atoms with Crippen molar-refractivity contribution in [3.63, 3.8) is 0 Å². The highest BCUT2D eigenvalue weighted by Gasteiger charge is 2.17. The van der Waals surface area contributed by atoms with Crippen molar-refractivity contribution in [2.75, 3.05) is 11.9 Å². The first-order valence-corrected chi connectivity index (χ1v) is 6.32. The number of amides is 2. The van der Waals surface area contributed by atoms with Crippen molar-refractivity contribution in [2.24, 2.45) is 0 Å². The number of benzene rings is 1. The van der Waals surface area contributed by atoms with Crippen LogP contribution in [0.25, 0.3) is 0 Å². The van der Waals surface area contributed by atoms with Gasteiger partial charge in [-0.1, -0.05) is 35.5 Å². The number of anilines is 1. The largest absolute Gasteiger partial charge is 0.387 e. The molecule has 2 aromatic rings. The van der Waals surface area contributed by atoms with E-state index in [1.807, 2.05) is 6.07 Å². The van der Waals surface area contributed by atoms with E-state index in [0.717, 1.165) is 0 Å². The molecule has 0 saturated heterocycles. The molecule has 0 aliphatic rings. The number of carbonyl (C=O) groups is 2. The van der Waals surface area contributed by atoms with Gasteiger partial charge in [0.25, 0.3) is 0 Å². The number of aliphatic hydroxyl groups is 1. The second-order valence-corrected chi connectivity index (χ2v) is 4.41. The van der Waals surface area contributed by atoms with Crippen molar-refractivity contribution >= 4 is 17.6 Å². The Kier molecular flexibility index (Phi) is 4.68. The summed E-state index contributed by atoms with van der Waals surface area (Å²) >= 11 is 0. The summed E-state index contributed by atoms with van der Waals surface area (Å²) in [6.07, 6.45) is -0.878. The zero-order valence-corrected chi connectivity index (χ0v) is 11.4. The molecule has 0 spiro atoms. The maximum atomic E-state index is 11.6. The van der Waals surface area contributed by atoms with Gasteiger partial charge in [-0.3, -0.25) is 14.9 Å². The van der Waals surface area contributed by atoms with Gasteiger partial charge < -0.3 is 14.9 Å². The minimum absolute atomic E-state index is 0.0614. The average molecular weight is 289 g/mol. The van der Waals surface area contributed by atoms with Crippen LogP contribution in [0.1, 0.15) is 17.4 Å². The Morgan fingerprint density at radius 1 is 1.29 bits per heavy atom. The third-order valence-corrected chi connectivity index (χ3v) is 2.72. The molecule has 110 valence electrons. The molecule has 0 radical (unpaired) electrons. The van der Waals surface area contributed by atoms with Crippen molar-refractivity contribution in [2.45, 2.75) is 13.0 Å². The number of nitrogens with zero attached hydrogens (tertiary/aromatic N) is 1. The average Bonchev–Trinajstić information content (AvgIpc) is 2.90. The topological polar surface area (TPSA) is 104 Å². The second-order valence-electron chi connectivity index (χ2n) is 4.41. The molecular weight excluding hydrogens is 274 g/mol. The number of carbonyl (C=O) groups excluding carboxylic acids is 2. The predicted octanol–water partition coefficient (Wildman–Crippen LogP) is 0.771. The maximum Gasteiger partial charge on any atom is 0.314 e. The monoisotopic (exact) mass is 289 g/mol. The summed E-state index contributed by atoms with van der Waals surface area (Å²) in [6.45, 7) is 1.60. The van der Waals surface area contributed by atoms with E-state index < -0.39 is 17.9 Å². The van der Waals surface area contributed by atoms with Crippen LogP contribution in [0, 0.1) is 6.92 Å². The molecular formula is C14H15N3O4. The van der Waals surface area contributed by atoms with E-state index in [2.05, 4.69) is 15.8 Å². The van der Waals surface area contributed by atoms with Crippen LogP contribution >= 0.6 is 0 Å². The summed E-state index contributed by atoms with van der Waals surface area (Å²) < 4.78 is 4.76. The first-order chi connectivity index (χ1) is 10.1. The molecule has 1 heterocycles. The van der Waals surface area contributed by atoms with Crippen LogP contribution in [-0.2, 0) is 9.59 Å². The van der Waals surface area contributed by atoms with E-state index in [1.54, 1.807) is 31.2 Å². The molecule has 7 heteroatoms. The van der Waals surface area contributed by atoms with Crippen LogP contribution in [0.3, 0.4) is 0 Å². The van der Waals surface area contributed by atoms with Gasteiger partial charge in [0.15, 0.2) is 5.82 Å². The van der Waals surface area contributed by atoms with E-state index in [-0.39, 0.29) is 12.4 Å². The smallest absolute Gasteiger partial charge is 0.314 e. The molecule has 21 heavy (non-hydrogen) atoms. The first kappa shape index (κ1) is 14.7. The van der Waals surface area contributed by atoms with Gasteiger partial charge in [-0.15, -0.1) is 0 Å². The van der Waals surface area contributed by atoms with Crippen molar-refractivity contribution < 1.29 is 19.2 Å². The van der Waals surface area contributed by atoms with Crippen LogP contribution in [0.4, 0.5) is 5.82 Å². The third kappa shape index (κ3) is 4.15. The zero-order valence-electron chi connectivity index (χ0n) is 11.4. The Labute approximate surface area is 120 Å². The molecule has 7 nitrogen and oxygen atoms in total. The van der Waals surface area contributed by atoms with Gasteiger partial charge in [0.1, 0.15) is 5.76 Å². The molecule has 0 unspecified atom stereocenters. The molecule has 2 rings (SSSR count). The minimum Gasteiger partial charge on any atom is -0.387 e. The molecule has 2 amide bonds. The van der Waals surface area contributed by atoms with E-state index in [1.165, 1.54) is 6.07 Å². The summed E-state index contributed by atoms with van der Waals surface area (Å²) in [5.74, 6) is -1.05. The summed E-state index contributed by atoms with van der Waals surface area (Å²) in [4.78, 5) is 23.2. The number of aliphatic hydroxyl groups excluding tert-OH is 1. The molecule has 3 N–H and O–H groups in total. The van der Waals surface area contributed by atoms with Gasteiger partial charge in [0.05, 0.1) is 6.10 Å². The molecule has 0 aliphatic carbocycles. The first-order valence-electron chi connectivity index (χ1n) is 6.32. The van der Waals surface area contributed by atoms with Crippen LogP contribution in [-0.4, -0.2) is 28.6 Å². The van der Waals surface area contributed by atoms with Crippen LogP contribution in [0.2, 0.25) is 0 Å². The fraction of sp³-hybridized carbons (Fsp3) is 0.214. The second kappa shape index (κ2) is 6.67. The van der Waals surface area contributed by atoms with E-state index in [0.29, 0.717) is 11.3 Å². The third-order valence-electron chi connectivity index (χ3n) is 2.72. The van der Waals surface area contributed by atoms with Crippen molar-refractivity contribution in [3.05, 3.63) is 47.7 Å². The van der Waals surface area contributed by atoms with E-state index >= 15 is 0 Å². The Morgan fingerprint density at radius 3 is 2.62 bits per heavy atom. The SMILES string of the molecule is Cc1cc(NC(=O)C(=O)NC[C@@H](O)c2ccccc2)no1. The summed E-state index contributed by atoms with van der Waals surface area (Å²) in [5, 5.41) is 18.1. The Balaban J connectivity index is 1.82. The zero-order chi connectivity index (χ0) is 15.2. The van der Waals surface area contributed by atoms with Gasteiger partial charge in [-0.05, 0) is 12.5 Å². The highest BCUT2D eigenvalue weighted by Crippen LogP contribution is 2.10. The quantitative estimate of drug-likeness (QED) is 0.721. The Hall–Kier alpha value is -2.67. The van der Waals surface area contributed by atoms with E-state index in [4.69, 9.17) is 4.52 Å². The van der Waals surface area contributed by atoms with Crippen molar-refractivity contribution in [3.8, 4) is 0 Å². The highest BCUT2D eigenvalue weighted by molar-refractivity contribution is 6.39. The summed E-state index contributed by atoms with van der Waals surface area (Å²) in [5.41, 5.74) is 0.658. The molecule has 1 atom stereocenters. The lowest BCUT2D eigenvalue weighted by Crippen LogP contribution is -2.37. The number of rotatable bonds is 4. The minimum atomic E-state index is -0.878. The van der Waals surface area contributed by atoms with Gasteiger partial charge in [-0.25, -0.2) is 0 Å². The molecule has 0 saturated carbocycles. The van der Waals surface area contributed by atoms with Gasteiger partial charge >= 0.3 is 11.8 Å². The predicted molar refractivity (Wildman–Crippen MR) is 74.3 cm³/mol. The number of hydrogen-bond donors (Lipinski definition) is 3.